The lowest BCUT2D eigenvalue weighted by molar-refractivity contribution is -0.124. The molecule has 8 heteroatoms. The second kappa shape index (κ2) is 7.30. The molecule has 4 bridgehead atoms. The number of hydrogen-bond acceptors (Lipinski definition) is 5. The van der Waals surface area contributed by atoms with Gasteiger partial charge in [-0.3, -0.25) is 4.79 Å². The van der Waals surface area contributed by atoms with E-state index < -0.39 is 0 Å². The summed E-state index contributed by atoms with van der Waals surface area (Å²) in [6.45, 7) is 0. The normalized spacial score (nSPS) is 29.9. The Morgan fingerprint density at radius 3 is 2.55 bits per heavy atom. The molecule has 154 valence electrons. The molecule has 6 rings (SSSR count). The molecule has 6 nitrogen and oxygen atoms in total. The quantitative estimate of drug-likeness (QED) is 0.634. The maximum absolute atomic E-state index is 12.8. The Balaban J connectivity index is 1.25. The first-order chi connectivity index (χ1) is 13.9. The SMILES string of the molecule is Cn1c(SCC(=O)NC23CC4CC(CC(C4)C2)C3)nnc1-c1cc(Br)ccc1O. The Kier molecular flexibility index (Phi) is 4.89. The fraction of sp³-hybridized carbons (Fsp3) is 0.571. The zero-order chi connectivity index (χ0) is 20.2. The first-order valence-electron chi connectivity index (χ1n) is 10.2. The van der Waals surface area contributed by atoms with Crippen LogP contribution in [0.25, 0.3) is 11.4 Å². The van der Waals surface area contributed by atoms with Crippen LogP contribution >= 0.6 is 27.7 Å². The van der Waals surface area contributed by atoms with E-state index in [1.165, 1.54) is 31.0 Å². The number of nitrogens with one attached hydrogen (secondary N) is 1. The van der Waals surface area contributed by atoms with Gasteiger partial charge >= 0.3 is 0 Å². The third-order valence-electron chi connectivity index (χ3n) is 6.81. The number of phenols is 1. The van der Waals surface area contributed by atoms with Crippen molar-refractivity contribution < 1.29 is 9.90 Å². The lowest BCUT2D eigenvalue weighted by atomic mass is 9.53. The summed E-state index contributed by atoms with van der Waals surface area (Å²) in [5, 5.41) is 22.7. The van der Waals surface area contributed by atoms with E-state index >= 15 is 0 Å². The van der Waals surface area contributed by atoms with Gasteiger partial charge in [-0.15, -0.1) is 10.2 Å². The summed E-state index contributed by atoms with van der Waals surface area (Å²) in [5.74, 6) is 3.59. The maximum Gasteiger partial charge on any atom is 0.230 e. The van der Waals surface area contributed by atoms with Crippen molar-refractivity contribution in [2.24, 2.45) is 24.8 Å². The molecule has 0 unspecified atom stereocenters. The fourth-order valence-corrected chi connectivity index (χ4v) is 7.16. The largest absolute Gasteiger partial charge is 0.507 e. The monoisotopic (exact) mass is 476 g/mol. The molecule has 4 fully saturated rings. The minimum absolute atomic E-state index is 0.0412. The van der Waals surface area contributed by atoms with Crippen LogP contribution in [0.3, 0.4) is 0 Å². The number of benzene rings is 1. The van der Waals surface area contributed by atoms with Crippen LogP contribution in [-0.2, 0) is 11.8 Å². The van der Waals surface area contributed by atoms with E-state index in [2.05, 4.69) is 31.4 Å². The van der Waals surface area contributed by atoms with Gasteiger partial charge in [0, 0.05) is 17.1 Å². The summed E-state index contributed by atoms with van der Waals surface area (Å²) < 4.78 is 2.68. The molecule has 0 atom stereocenters. The van der Waals surface area contributed by atoms with E-state index in [4.69, 9.17) is 0 Å². The van der Waals surface area contributed by atoms with E-state index in [-0.39, 0.29) is 17.2 Å². The van der Waals surface area contributed by atoms with Crippen molar-refractivity contribution in [3.63, 3.8) is 0 Å². The summed E-state index contributed by atoms with van der Waals surface area (Å²) in [5.41, 5.74) is 0.652. The first kappa shape index (κ1) is 19.4. The number of nitrogens with zero attached hydrogens (tertiary/aromatic N) is 3. The molecule has 1 aromatic heterocycles. The van der Waals surface area contributed by atoms with Crippen molar-refractivity contribution in [2.75, 3.05) is 5.75 Å². The van der Waals surface area contributed by atoms with Gasteiger partial charge in [-0.25, -0.2) is 0 Å². The van der Waals surface area contributed by atoms with Gasteiger partial charge in [-0.05, 0) is 74.5 Å². The molecule has 2 aromatic rings. The van der Waals surface area contributed by atoms with E-state index in [9.17, 15) is 9.90 Å². The molecule has 4 saturated carbocycles. The highest BCUT2D eigenvalue weighted by molar-refractivity contribution is 9.10. The van der Waals surface area contributed by atoms with Gasteiger partial charge in [0.05, 0.1) is 11.3 Å². The topological polar surface area (TPSA) is 80.0 Å². The number of amides is 1. The number of aromatic nitrogens is 3. The van der Waals surface area contributed by atoms with Gasteiger partial charge in [0.2, 0.25) is 5.91 Å². The summed E-state index contributed by atoms with van der Waals surface area (Å²) in [6, 6.07) is 5.22. The molecule has 2 N–H and O–H groups in total. The van der Waals surface area contributed by atoms with Crippen LogP contribution in [0.15, 0.2) is 27.8 Å². The molecule has 0 saturated heterocycles. The van der Waals surface area contributed by atoms with Gasteiger partial charge < -0.3 is 15.0 Å². The molecule has 1 aromatic carbocycles. The van der Waals surface area contributed by atoms with Crippen LogP contribution in [0.5, 0.6) is 5.75 Å². The van der Waals surface area contributed by atoms with Crippen molar-refractivity contribution in [3.8, 4) is 17.1 Å². The van der Waals surface area contributed by atoms with Crippen molar-refractivity contribution in [1.82, 2.24) is 20.1 Å². The van der Waals surface area contributed by atoms with Crippen LogP contribution in [0.1, 0.15) is 38.5 Å². The average molecular weight is 477 g/mol. The number of halogens is 1. The number of aromatic hydroxyl groups is 1. The molecule has 0 radical (unpaired) electrons. The van der Waals surface area contributed by atoms with E-state index in [1.54, 1.807) is 12.1 Å². The Labute approximate surface area is 183 Å². The Bertz CT molecular complexity index is 925. The number of phenolic OH excluding ortho intramolecular Hbond substituents is 1. The van der Waals surface area contributed by atoms with Gasteiger partial charge in [0.1, 0.15) is 5.75 Å². The second-order valence-electron chi connectivity index (χ2n) is 9.06. The standard InChI is InChI=1S/C21H25BrN4O2S/c1-26-19(16-7-15(22)2-3-17(16)27)24-25-20(26)29-11-18(28)23-21-8-12-4-13(9-21)6-14(5-12)10-21/h2-3,7,12-14,27H,4-6,8-11H2,1H3,(H,23,28). The second-order valence-corrected chi connectivity index (χ2v) is 10.9. The minimum Gasteiger partial charge on any atom is -0.507 e. The van der Waals surface area contributed by atoms with Crippen LogP contribution < -0.4 is 5.32 Å². The molecule has 29 heavy (non-hydrogen) atoms. The number of rotatable bonds is 5. The average Bonchev–Trinajstić information content (AvgIpc) is 3.01. The lowest BCUT2D eigenvalue weighted by Crippen LogP contribution is -2.60. The van der Waals surface area contributed by atoms with Gasteiger partial charge in [-0.2, -0.15) is 0 Å². The number of thioether (sulfide) groups is 1. The van der Waals surface area contributed by atoms with Crippen LogP contribution in [-0.4, -0.2) is 37.1 Å². The Morgan fingerprint density at radius 2 is 1.90 bits per heavy atom. The predicted octanol–water partition coefficient (Wildman–Crippen LogP) is 4.13. The molecule has 1 amide bonds. The van der Waals surface area contributed by atoms with E-state index in [0.717, 1.165) is 41.5 Å². The third kappa shape index (κ3) is 3.69. The third-order valence-corrected chi connectivity index (χ3v) is 8.32. The smallest absolute Gasteiger partial charge is 0.230 e. The van der Waals surface area contributed by atoms with Crippen molar-refractivity contribution in [2.45, 2.75) is 49.2 Å². The number of hydrogen-bond donors (Lipinski definition) is 2. The molecule has 4 aliphatic carbocycles. The molecule has 1 heterocycles. The summed E-state index contributed by atoms with van der Waals surface area (Å²) in [4.78, 5) is 12.8. The number of carbonyl (C=O) groups excluding carboxylic acids is 1. The Hall–Kier alpha value is -1.54. The zero-order valence-electron chi connectivity index (χ0n) is 16.4. The summed E-state index contributed by atoms with van der Waals surface area (Å²) in [7, 11) is 1.86. The molecular weight excluding hydrogens is 452 g/mol. The highest BCUT2D eigenvalue weighted by Crippen LogP contribution is 2.55. The molecule has 0 aliphatic heterocycles. The minimum atomic E-state index is 0.0412. The predicted molar refractivity (Wildman–Crippen MR) is 116 cm³/mol. The van der Waals surface area contributed by atoms with Crippen molar-refractivity contribution in [3.05, 3.63) is 22.7 Å². The van der Waals surface area contributed by atoms with E-state index in [1.807, 2.05) is 17.7 Å². The van der Waals surface area contributed by atoms with Crippen molar-refractivity contribution in [1.29, 1.82) is 0 Å². The van der Waals surface area contributed by atoms with Crippen molar-refractivity contribution >= 4 is 33.6 Å². The van der Waals surface area contributed by atoms with Crippen LogP contribution in [0.2, 0.25) is 0 Å². The molecule has 0 spiro atoms. The molecule has 4 aliphatic rings. The van der Waals surface area contributed by atoms with Gasteiger partial charge in [0.15, 0.2) is 11.0 Å². The van der Waals surface area contributed by atoms with Crippen LogP contribution in [0.4, 0.5) is 0 Å². The maximum atomic E-state index is 12.8. The number of carbonyl (C=O) groups is 1. The lowest BCUT2D eigenvalue weighted by Gasteiger charge is -2.56. The Morgan fingerprint density at radius 1 is 1.24 bits per heavy atom. The highest BCUT2D eigenvalue weighted by atomic mass is 79.9. The first-order valence-corrected chi connectivity index (χ1v) is 12.0. The van der Waals surface area contributed by atoms with E-state index in [0.29, 0.717) is 22.3 Å². The zero-order valence-corrected chi connectivity index (χ0v) is 18.8. The van der Waals surface area contributed by atoms with Gasteiger partial charge in [-0.1, -0.05) is 27.7 Å². The highest BCUT2D eigenvalue weighted by Gasteiger charge is 2.51. The molecular formula is C21H25BrN4O2S. The summed E-state index contributed by atoms with van der Waals surface area (Å²) >= 11 is 4.82. The fourth-order valence-electron chi connectivity index (χ4n) is 6.09. The van der Waals surface area contributed by atoms with Gasteiger partial charge in [0.25, 0.3) is 0 Å². The van der Waals surface area contributed by atoms with Crippen LogP contribution in [0, 0.1) is 17.8 Å². The summed E-state index contributed by atoms with van der Waals surface area (Å²) in [6.07, 6.45) is 7.58.